The molecule has 108 valence electrons. The Hall–Kier alpha value is -2.45. The van der Waals surface area contributed by atoms with E-state index < -0.39 is 4.92 Å². The number of hydrogen-bond acceptors (Lipinski definition) is 6. The van der Waals surface area contributed by atoms with Crippen LogP contribution in [0.25, 0.3) is 4.96 Å². The molecule has 0 atom stereocenters. The monoisotopic (exact) mass is 304 g/mol. The second-order valence-electron chi connectivity index (χ2n) is 4.40. The lowest BCUT2D eigenvalue weighted by Gasteiger charge is -2.06. The zero-order chi connectivity index (χ0) is 15.0. The molecule has 2 aromatic heterocycles. The number of rotatable bonds is 4. The van der Waals surface area contributed by atoms with E-state index >= 15 is 0 Å². The number of ether oxygens (including phenoxy) is 1. The lowest BCUT2D eigenvalue weighted by Crippen LogP contribution is -2.03. The zero-order valence-electron chi connectivity index (χ0n) is 11.1. The molecule has 0 aliphatic carbocycles. The fraction of sp³-hybridized carbons (Fsp3) is 0.154. The summed E-state index contributed by atoms with van der Waals surface area (Å²) in [5.74, 6) is 0.471. The Morgan fingerprint density at radius 3 is 3.05 bits per heavy atom. The second-order valence-corrected chi connectivity index (χ2v) is 5.28. The molecule has 0 bridgehead atoms. The Balaban J connectivity index is 2.08. The van der Waals surface area contributed by atoms with Crippen LogP contribution in [0.4, 0.5) is 5.69 Å². The summed E-state index contributed by atoms with van der Waals surface area (Å²) in [6, 6.07) is 4.93. The molecule has 3 aromatic rings. The van der Waals surface area contributed by atoms with E-state index in [2.05, 4.69) is 4.98 Å². The van der Waals surface area contributed by atoms with E-state index in [0.29, 0.717) is 17.1 Å². The van der Waals surface area contributed by atoms with Crippen molar-refractivity contribution in [3.05, 3.63) is 51.1 Å². The minimum absolute atomic E-state index is 0.0585. The fourth-order valence-corrected chi connectivity index (χ4v) is 2.86. The molecule has 2 heterocycles. The number of para-hydroxylation sites is 1. The van der Waals surface area contributed by atoms with Gasteiger partial charge in [0.1, 0.15) is 5.69 Å². The molecule has 0 aliphatic heterocycles. The van der Waals surface area contributed by atoms with E-state index in [4.69, 9.17) is 10.5 Å². The summed E-state index contributed by atoms with van der Waals surface area (Å²) in [6.07, 6.45) is 1.84. The summed E-state index contributed by atoms with van der Waals surface area (Å²) in [6.45, 7) is 1.90. The van der Waals surface area contributed by atoms with Crippen molar-refractivity contribution in [3.63, 3.8) is 0 Å². The quantitative estimate of drug-likeness (QED) is 0.590. The van der Waals surface area contributed by atoms with Gasteiger partial charge in [-0.2, -0.15) is 4.98 Å². The van der Waals surface area contributed by atoms with Gasteiger partial charge >= 0.3 is 5.69 Å². The van der Waals surface area contributed by atoms with E-state index in [1.807, 2.05) is 16.0 Å². The molecule has 0 unspecified atom stereocenters. The molecule has 0 spiro atoms. The Bertz CT molecular complexity index is 824. The largest absolute Gasteiger partial charge is 0.430 e. The molecule has 0 amide bonds. The van der Waals surface area contributed by atoms with E-state index in [1.165, 1.54) is 11.3 Å². The van der Waals surface area contributed by atoms with Crippen molar-refractivity contribution in [1.29, 1.82) is 0 Å². The van der Waals surface area contributed by atoms with E-state index in [0.717, 1.165) is 4.96 Å². The average molecular weight is 304 g/mol. The average Bonchev–Trinajstić information content (AvgIpc) is 2.98. The van der Waals surface area contributed by atoms with Crippen LogP contribution < -0.4 is 10.5 Å². The van der Waals surface area contributed by atoms with E-state index in [-0.39, 0.29) is 18.0 Å². The SMILES string of the molecule is Cc1cccc(Oc2nc3sccn3c2CN)c1[N+](=O)[O-]. The van der Waals surface area contributed by atoms with Crippen LogP contribution in [-0.4, -0.2) is 14.3 Å². The number of fused-ring (bicyclic) bond motifs is 1. The smallest absolute Gasteiger partial charge is 0.314 e. The highest BCUT2D eigenvalue weighted by Crippen LogP contribution is 2.35. The van der Waals surface area contributed by atoms with Crippen LogP contribution in [0.2, 0.25) is 0 Å². The third-order valence-electron chi connectivity index (χ3n) is 3.11. The molecule has 0 saturated heterocycles. The number of aryl methyl sites for hydroxylation is 1. The molecule has 8 heteroatoms. The van der Waals surface area contributed by atoms with Crippen LogP contribution in [0.1, 0.15) is 11.3 Å². The van der Waals surface area contributed by atoms with Gasteiger partial charge in [0.25, 0.3) is 0 Å². The Morgan fingerprint density at radius 2 is 2.33 bits per heavy atom. The second kappa shape index (κ2) is 5.15. The standard InChI is InChI=1S/C13H12N4O3S/c1-8-3-2-4-10(11(8)17(18)19)20-12-9(7-14)16-5-6-21-13(16)15-12/h2-6H,7,14H2,1H3. The topological polar surface area (TPSA) is 95.7 Å². The van der Waals surface area contributed by atoms with Crippen LogP contribution >= 0.6 is 11.3 Å². The number of nitro benzene ring substituents is 1. The summed E-state index contributed by atoms with van der Waals surface area (Å²) < 4.78 is 7.49. The van der Waals surface area contributed by atoms with Crippen molar-refractivity contribution in [2.45, 2.75) is 13.5 Å². The third-order valence-corrected chi connectivity index (χ3v) is 3.86. The predicted octanol–water partition coefficient (Wildman–Crippen LogP) is 2.86. The minimum Gasteiger partial charge on any atom is -0.430 e. The van der Waals surface area contributed by atoms with Gasteiger partial charge in [0.05, 0.1) is 4.92 Å². The molecule has 0 aliphatic rings. The van der Waals surface area contributed by atoms with Crippen LogP contribution in [0.15, 0.2) is 29.8 Å². The van der Waals surface area contributed by atoms with Gasteiger partial charge in [0.2, 0.25) is 11.6 Å². The van der Waals surface area contributed by atoms with Crippen molar-refractivity contribution in [2.75, 3.05) is 0 Å². The van der Waals surface area contributed by atoms with Crippen molar-refractivity contribution in [2.24, 2.45) is 5.73 Å². The van der Waals surface area contributed by atoms with Crippen molar-refractivity contribution >= 4 is 22.0 Å². The molecule has 0 radical (unpaired) electrons. The Morgan fingerprint density at radius 1 is 1.52 bits per heavy atom. The van der Waals surface area contributed by atoms with Crippen molar-refractivity contribution in [3.8, 4) is 11.6 Å². The normalized spacial score (nSPS) is 11.0. The first-order valence-corrected chi connectivity index (χ1v) is 7.06. The highest BCUT2D eigenvalue weighted by atomic mass is 32.1. The number of nitro groups is 1. The summed E-state index contributed by atoms with van der Waals surface area (Å²) >= 11 is 1.44. The Labute approximate surface area is 123 Å². The molecule has 3 rings (SSSR count). The molecule has 2 N–H and O–H groups in total. The lowest BCUT2D eigenvalue weighted by molar-refractivity contribution is -0.386. The minimum atomic E-state index is -0.453. The van der Waals surface area contributed by atoms with Crippen LogP contribution in [0, 0.1) is 17.0 Å². The number of hydrogen-bond donors (Lipinski definition) is 1. The first-order valence-electron chi connectivity index (χ1n) is 6.18. The number of imidazole rings is 1. The molecule has 1 aromatic carbocycles. The van der Waals surface area contributed by atoms with Gasteiger partial charge < -0.3 is 10.5 Å². The molecule has 21 heavy (non-hydrogen) atoms. The van der Waals surface area contributed by atoms with Gasteiger partial charge in [0, 0.05) is 23.7 Å². The first-order chi connectivity index (χ1) is 10.1. The number of benzene rings is 1. The maximum absolute atomic E-state index is 11.2. The molecule has 0 saturated carbocycles. The van der Waals surface area contributed by atoms with Crippen LogP contribution in [0.3, 0.4) is 0 Å². The van der Waals surface area contributed by atoms with Gasteiger partial charge in [-0.25, -0.2) is 0 Å². The lowest BCUT2D eigenvalue weighted by atomic mass is 10.2. The summed E-state index contributed by atoms with van der Waals surface area (Å²) in [7, 11) is 0. The highest BCUT2D eigenvalue weighted by molar-refractivity contribution is 7.15. The van der Waals surface area contributed by atoms with Gasteiger partial charge in [-0.05, 0) is 13.0 Å². The summed E-state index contributed by atoms with van der Waals surface area (Å²) in [4.78, 5) is 15.8. The van der Waals surface area contributed by atoms with Crippen LogP contribution in [0.5, 0.6) is 11.6 Å². The third kappa shape index (κ3) is 2.24. The van der Waals surface area contributed by atoms with Gasteiger partial charge in [0.15, 0.2) is 4.96 Å². The van der Waals surface area contributed by atoms with Gasteiger partial charge in [-0.15, -0.1) is 11.3 Å². The number of thiazole rings is 1. The molecule has 7 nitrogen and oxygen atoms in total. The maximum Gasteiger partial charge on any atom is 0.314 e. The molecular formula is C13H12N4O3S. The van der Waals surface area contributed by atoms with Gasteiger partial charge in [-0.3, -0.25) is 14.5 Å². The van der Waals surface area contributed by atoms with Crippen molar-refractivity contribution in [1.82, 2.24) is 9.38 Å². The summed E-state index contributed by atoms with van der Waals surface area (Å²) in [5.41, 5.74) is 6.89. The molecule has 0 fully saturated rings. The van der Waals surface area contributed by atoms with Crippen molar-refractivity contribution < 1.29 is 9.66 Å². The van der Waals surface area contributed by atoms with E-state index in [1.54, 1.807) is 25.1 Å². The summed E-state index contributed by atoms with van der Waals surface area (Å²) in [5, 5.41) is 13.1. The van der Waals surface area contributed by atoms with E-state index in [9.17, 15) is 10.1 Å². The Kier molecular flexibility index (Phi) is 3.32. The predicted molar refractivity (Wildman–Crippen MR) is 78.9 cm³/mol. The first kappa shape index (κ1) is 13.5. The number of nitrogens with two attached hydrogens (primary N) is 1. The molecular weight excluding hydrogens is 292 g/mol. The number of aromatic nitrogens is 2. The zero-order valence-corrected chi connectivity index (χ0v) is 12.0. The highest BCUT2D eigenvalue weighted by Gasteiger charge is 2.22. The van der Waals surface area contributed by atoms with Gasteiger partial charge in [-0.1, -0.05) is 12.1 Å². The maximum atomic E-state index is 11.2. The fourth-order valence-electron chi connectivity index (χ4n) is 2.13. The number of nitrogens with zero attached hydrogens (tertiary/aromatic N) is 3. The van der Waals surface area contributed by atoms with Crippen LogP contribution in [-0.2, 0) is 6.54 Å².